The van der Waals surface area contributed by atoms with E-state index >= 15 is 0 Å². The Balaban J connectivity index is 3.02. The molecule has 0 bridgehead atoms. The van der Waals surface area contributed by atoms with Gasteiger partial charge in [0.2, 0.25) is 0 Å². The third-order valence-corrected chi connectivity index (χ3v) is 5.84. The molecule has 1 rings (SSSR count). The molecule has 0 spiro atoms. The van der Waals surface area contributed by atoms with Crippen LogP contribution in [-0.4, -0.2) is 15.6 Å². The van der Waals surface area contributed by atoms with Gasteiger partial charge in [0.05, 0.1) is 5.02 Å². The van der Waals surface area contributed by atoms with Crippen LogP contribution in [0, 0.1) is 0 Å². The molecule has 1 heterocycles. The maximum absolute atomic E-state index is 12.2. The normalized spacial score (nSPS) is 17.2. The van der Waals surface area contributed by atoms with E-state index in [-0.39, 0.29) is 6.42 Å². The molecule has 0 aliphatic carbocycles. The van der Waals surface area contributed by atoms with Crippen molar-refractivity contribution in [1.82, 2.24) is 4.72 Å². The molecule has 102 valence electrons. The van der Waals surface area contributed by atoms with Gasteiger partial charge in [0.1, 0.15) is 16.6 Å². The SMILES string of the molecule is CC(CC=O)(N[S+]([O-])C(C)(C)C)c1sccc1Cl. The second-order valence-corrected chi connectivity index (χ2v) is 8.57. The summed E-state index contributed by atoms with van der Waals surface area (Å²) in [6, 6.07) is 1.78. The van der Waals surface area contributed by atoms with Crippen LogP contribution in [0.25, 0.3) is 0 Å². The number of halogens is 1. The molecule has 18 heavy (non-hydrogen) atoms. The average molecular weight is 308 g/mol. The minimum atomic E-state index is -1.26. The predicted octanol–water partition coefficient (Wildman–Crippen LogP) is 3.26. The highest BCUT2D eigenvalue weighted by molar-refractivity contribution is 7.90. The number of carbonyl (C=O) groups is 1. The Hall–Kier alpha value is -0.0700. The standard InChI is InChI=1S/C12H18ClNO2S2/c1-11(2,3)18(16)14-12(4,6-7-15)10-9(13)5-8-17-10/h5,7-8,14H,6H2,1-4H3. The van der Waals surface area contributed by atoms with Crippen LogP contribution >= 0.6 is 22.9 Å². The van der Waals surface area contributed by atoms with Crippen LogP contribution in [0.5, 0.6) is 0 Å². The van der Waals surface area contributed by atoms with Gasteiger partial charge < -0.3 is 9.35 Å². The van der Waals surface area contributed by atoms with Gasteiger partial charge in [-0.25, -0.2) is 0 Å². The second-order valence-electron chi connectivity index (χ2n) is 5.28. The van der Waals surface area contributed by atoms with E-state index in [4.69, 9.17) is 11.6 Å². The van der Waals surface area contributed by atoms with Crippen LogP contribution in [0.4, 0.5) is 0 Å². The average Bonchev–Trinajstić information content (AvgIpc) is 2.63. The summed E-state index contributed by atoms with van der Waals surface area (Å²) in [5, 5.41) is 2.46. The number of rotatable bonds is 5. The first-order valence-electron chi connectivity index (χ1n) is 5.57. The van der Waals surface area contributed by atoms with E-state index in [0.717, 1.165) is 11.2 Å². The van der Waals surface area contributed by atoms with E-state index in [0.29, 0.717) is 5.02 Å². The van der Waals surface area contributed by atoms with Crippen molar-refractivity contribution >= 4 is 40.6 Å². The topological polar surface area (TPSA) is 52.2 Å². The molecule has 0 aliphatic heterocycles. The highest BCUT2D eigenvalue weighted by Gasteiger charge is 2.38. The van der Waals surface area contributed by atoms with Crippen molar-refractivity contribution in [3.63, 3.8) is 0 Å². The predicted molar refractivity (Wildman–Crippen MR) is 78.4 cm³/mol. The van der Waals surface area contributed by atoms with Crippen LogP contribution in [0.3, 0.4) is 0 Å². The molecular weight excluding hydrogens is 290 g/mol. The van der Waals surface area contributed by atoms with Crippen LogP contribution in [0.2, 0.25) is 5.02 Å². The fourth-order valence-corrected chi connectivity index (χ4v) is 3.75. The van der Waals surface area contributed by atoms with Crippen LogP contribution in [0.15, 0.2) is 11.4 Å². The van der Waals surface area contributed by atoms with Gasteiger partial charge in [0.25, 0.3) is 0 Å². The summed E-state index contributed by atoms with van der Waals surface area (Å²) < 4.78 is 14.9. The van der Waals surface area contributed by atoms with Gasteiger partial charge >= 0.3 is 0 Å². The summed E-state index contributed by atoms with van der Waals surface area (Å²) >= 11 is 6.31. The molecule has 1 N–H and O–H groups in total. The highest BCUT2D eigenvalue weighted by atomic mass is 35.5. The van der Waals surface area contributed by atoms with Crippen LogP contribution < -0.4 is 4.72 Å². The summed E-state index contributed by atoms with van der Waals surface area (Å²) in [4.78, 5) is 11.7. The molecule has 2 unspecified atom stereocenters. The Labute approximate surface area is 120 Å². The third-order valence-electron chi connectivity index (χ3n) is 2.48. The Morgan fingerprint density at radius 2 is 2.11 bits per heavy atom. The van der Waals surface area contributed by atoms with Crippen LogP contribution in [0.1, 0.15) is 39.0 Å². The fourth-order valence-electron chi connectivity index (χ4n) is 1.39. The van der Waals surface area contributed by atoms with E-state index in [2.05, 4.69) is 4.72 Å². The fraction of sp³-hybridized carbons (Fsp3) is 0.583. The lowest BCUT2D eigenvalue weighted by Gasteiger charge is -2.33. The first-order chi connectivity index (χ1) is 8.20. The van der Waals surface area contributed by atoms with Gasteiger partial charge in [0, 0.05) is 22.7 Å². The first-order valence-corrected chi connectivity index (χ1v) is 7.98. The molecule has 1 aromatic rings. The van der Waals surface area contributed by atoms with E-state index in [1.165, 1.54) is 11.3 Å². The van der Waals surface area contributed by atoms with Gasteiger partial charge in [-0.1, -0.05) is 11.6 Å². The number of thiophene rings is 1. The quantitative estimate of drug-likeness (QED) is 0.671. The van der Waals surface area contributed by atoms with Gasteiger partial charge in [-0.15, -0.1) is 16.1 Å². The highest BCUT2D eigenvalue weighted by Crippen LogP contribution is 2.36. The largest absolute Gasteiger partial charge is 0.598 e. The number of carbonyl (C=O) groups excluding carboxylic acids is 1. The second kappa shape index (κ2) is 5.92. The third kappa shape index (κ3) is 3.71. The molecule has 2 atom stereocenters. The molecule has 1 aromatic heterocycles. The number of nitrogens with one attached hydrogen (secondary N) is 1. The first kappa shape index (κ1) is 16.0. The molecule has 0 aromatic carbocycles. The summed E-state index contributed by atoms with van der Waals surface area (Å²) in [6.45, 7) is 7.50. The number of aldehydes is 1. The van der Waals surface area contributed by atoms with Gasteiger partial charge in [0.15, 0.2) is 0 Å². The van der Waals surface area contributed by atoms with Crippen molar-refractivity contribution in [3.8, 4) is 0 Å². The Bertz CT molecular complexity index is 416. The minimum Gasteiger partial charge on any atom is -0.598 e. The van der Waals surface area contributed by atoms with Gasteiger partial charge in [-0.2, -0.15) is 0 Å². The van der Waals surface area contributed by atoms with Crippen molar-refractivity contribution in [3.05, 3.63) is 21.3 Å². The van der Waals surface area contributed by atoms with E-state index in [1.54, 1.807) is 6.07 Å². The minimum absolute atomic E-state index is 0.231. The molecule has 0 saturated carbocycles. The van der Waals surface area contributed by atoms with Crippen molar-refractivity contribution < 1.29 is 9.35 Å². The molecule has 0 amide bonds. The number of hydrogen-bond acceptors (Lipinski definition) is 4. The molecule has 3 nitrogen and oxygen atoms in total. The summed E-state index contributed by atoms with van der Waals surface area (Å²) in [7, 11) is 0. The molecule has 6 heteroatoms. The molecule has 0 radical (unpaired) electrons. The molecular formula is C12H18ClNO2S2. The molecule has 0 aliphatic rings. The van der Waals surface area contributed by atoms with Crippen molar-refractivity contribution in [1.29, 1.82) is 0 Å². The lowest BCUT2D eigenvalue weighted by atomic mass is 9.98. The van der Waals surface area contributed by atoms with Gasteiger partial charge in [-0.3, -0.25) is 0 Å². The zero-order chi connectivity index (χ0) is 14.0. The Morgan fingerprint density at radius 1 is 1.50 bits per heavy atom. The summed E-state index contributed by atoms with van der Waals surface area (Å²) in [5.74, 6) is 0. The van der Waals surface area contributed by atoms with Crippen molar-refractivity contribution in [2.24, 2.45) is 0 Å². The summed E-state index contributed by atoms with van der Waals surface area (Å²) in [6.07, 6.45) is 1.05. The van der Waals surface area contributed by atoms with E-state index in [1.807, 2.05) is 33.1 Å². The lowest BCUT2D eigenvalue weighted by molar-refractivity contribution is -0.108. The maximum atomic E-state index is 12.2. The van der Waals surface area contributed by atoms with Gasteiger partial charge in [-0.05, 0) is 39.1 Å². The summed E-state index contributed by atoms with van der Waals surface area (Å²) in [5.41, 5.74) is -0.689. The Morgan fingerprint density at radius 3 is 2.50 bits per heavy atom. The zero-order valence-electron chi connectivity index (χ0n) is 11.0. The van der Waals surface area contributed by atoms with Crippen LogP contribution in [-0.2, 0) is 21.7 Å². The monoisotopic (exact) mass is 307 g/mol. The lowest BCUT2D eigenvalue weighted by Crippen LogP contribution is -2.49. The van der Waals surface area contributed by atoms with E-state index in [9.17, 15) is 9.35 Å². The maximum Gasteiger partial charge on any atom is 0.136 e. The van der Waals surface area contributed by atoms with Crippen molar-refractivity contribution in [2.75, 3.05) is 0 Å². The van der Waals surface area contributed by atoms with E-state index < -0.39 is 21.6 Å². The Kier molecular flexibility index (Phi) is 5.26. The molecule has 0 fully saturated rings. The zero-order valence-corrected chi connectivity index (χ0v) is 13.3. The molecule has 0 saturated heterocycles. The smallest absolute Gasteiger partial charge is 0.136 e. The van der Waals surface area contributed by atoms with Crippen molar-refractivity contribution in [2.45, 2.75) is 44.4 Å². The number of hydrogen-bond donors (Lipinski definition) is 1.